The molecule has 2 aliphatic rings. The third-order valence-electron chi connectivity index (χ3n) is 7.36. The number of nitrogens with zero attached hydrogens (tertiary/aromatic N) is 3. The van der Waals surface area contributed by atoms with Crippen molar-refractivity contribution < 1.29 is 14.3 Å². The molecule has 0 saturated carbocycles. The van der Waals surface area contributed by atoms with Crippen molar-refractivity contribution in [2.75, 3.05) is 46.9 Å². The fourth-order valence-corrected chi connectivity index (χ4v) is 5.20. The highest BCUT2D eigenvalue weighted by atomic mass is 16.5. The predicted octanol–water partition coefficient (Wildman–Crippen LogP) is 4.26. The second-order valence-electron chi connectivity index (χ2n) is 10.0. The van der Waals surface area contributed by atoms with Crippen LogP contribution in [0.1, 0.15) is 36.3 Å². The molecule has 7 nitrogen and oxygen atoms in total. The number of carbonyl (C=O) groups is 2. The summed E-state index contributed by atoms with van der Waals surface area (Å²) in [7, 11) is 3.83. The van der Waals surface area contributed by atoms with Crippen molar-refractivity contribution in [1.82, 2.24) is 19.7 Å². The maximum atomic E-state index is 12.8. The van der Waals surface area contributed by atoms with E-state index in [1.165, 1.54) is 19.5 Å². The molecule has 3 aromatic rings. The van der Waals surface area contributed by atoms with Gasteiger partial charge in [-0.15, -0.1) is 0 Å². The van der Waals surface area contributed by atoms with E-state index in [1.54, 1.807) is 23.0 Å². The Labute approximate surface area is 214 Å². The van der Waals surface area contributed by atoms with Crippen LogP contribution in [0, 0.1) is 11.8 Å². The minimum Gasteiger partial charge on any atom is -0.497 e. The van der Waals surface area contributed by atoms with Gasteiger partial charge in [0, 0.05) is 43.6 Å². The Morgan fingerprint density at radius 3 is 2.47 bits per heavy atom. The average Bonchev–Trinajstić information content (AvgIpc) is 3.47. The Hall–Kier alpha value is -3.32. The van der Waals surface area contributed by atoms with Crippen molar-refractivity contribution in [3.8, 4) is 5.75 Å². The van der Waals surface area contributed by atoms with E-state index in [0.29, 0.717) is 25.3 Å². The van der Waals surface area contributed by atoms with Crippen LogP contribution < -0.4 is 4.74 Å². The molecule has 2 atom stereocenters. The topological polar surface area (TPSA) is 68.9 Å². The highest BCUT2D eigenvalue weighted by Gasteiger charge is 2.28. The molecule has 1 aromatic heterocycles. The lowest BCUT2D eigenvalue weighted by Gasteiger charge is -2.34. The van der Waals surface area contributed by atoms with Gasteiger partial charge in [0.15, 0.2) is 0 Å². The normalized spacial score (nSPS) is 20.4. The van der Waals surface area contributed by atoms with Crippen molar-refractivity contribution in [2.45, 2.75) is 26.8 Å². The van der Waals surface area contributed by atoms with E-state index in [2.05, 4.69) is 30.8 Å². The lowest BCUT2D eigenvalue weighted by Crippen LogP contribution is -2.51. The summed E-state index contributed by atoms with van der Waals surface area (Å²) >= 11 is 0. The fraction of sp³-hybridized carbons (Fsp3) is 0.448. The van der Waals surface area contributed by atoms with Crippen LogP contribution in [0.4, 0.5) is 0 Å². The summed E-state index contributed by atoms with van der Waals surface area (Å²) in [5.74, 6) is 2.45. The Morgan fingerprint density at radius 2 is 1.86 bits per heavy atom. The molecule has 1 N–H and O–H groups in total. The molecule has 7 heteroatoms. The summed E-state index contributed by atoms with van der Waals surface area (Å²) < 4.78 is 5.22. The molecule has 2 aromatic carbocycles. The number of benzene rings is 2. The zero-order valence-electron chi connectivity index (χ0n) is 21.9. The zero-order chi connectivity index (χ0) is 25.7. The minimum absolute atomic E-state index is 0.0313. The summed E-state index contributed by atoms with van der Waals surface area (Å²) in [6.45, 7) is 9.01. The number of hydrogen-bond acceptors (Lipinski definition) is 4. The number of hydrogen-bond donors (Lipinski definition) is 1. The summed E-state index contributed by atoms with van der Waals surface area (Å²) in [6, 6.07) is 17.3. The number of nitrogens with one attached hydrogen (secondary N) is 1. The number of fused-ring (bicyclic) bond motifs is 1. The number of aromatic nitrogens is 1. The van der Waals surface area contributed by atoms with E-state index >= 15 is 0 Å². The molecule has 5 rings (SSSR count). The molecule has 2 amide bonds. The van der Waals surface area contributed by atoms with Crippen molar-refractivity contribution in [1.29, 1.82) is 0 Å². The molecule has 0 aliphatic carbocycles. The molecule has 0 spiro atoms. The van der Waals surface area contributed by atoms with Gasteiger partial charge in [0.2, 0.25) is 5.91 Å². The number of methoxy groups -OCH3 is 1. The van der Waals surface area contributed by atoms with Gasteiger partial charge in [0.1, 0.15) is 18.0 Å². The lowest BCUT2D eigenvalue weighted by atomic mass is 9.96. The number of piperazine rings is 1. The van der Waals surface area contributed by atoms with Gasteiger partial charge in [0.05, 0.1) is 7.11 Å². The van der Waals surface area contributed by atoms with E-state index in [4.69, 9.17) is 4.74 Å². The van der Waals surface area contributed by atoms with Crippen LogP contribution >= 0.6 is 0 Å². The first-order valence-electron chi connectivity index (χ1n) is 12.8. The van der Waals surface area contributed by atoms with Crippen LogP contribution in [0.25, 0.3) is 10.9 Å². The first-order chi connectivity index (χ1) is 17.4. The van der Waals surface area contributed by atoms with Crippen molar-refractivity contribution >= 4 is 22.7 Å². The van der Waals surface area contributed by atoms with Crippen LogP contribution in [-0.2, 0) is 11.3 Å². The van der Waals surface area contributed by atoms with Gasteiger partial charge in [-0.25, -0.2) is 0 Å². The van der Waals surface area contributed by atoms with Crippen LogP contribution in [0.2, 0.25) is 0 Å². The standard InChI is InChI=1S/C21H21N3O3.C8H17N/c1-27-17-7-8-18-16(11-17)12-19(22-18)21(26)24-10-9-23(20(25)14-24)13-15-5-3-2-4-6-15;1-4-8-6-9(3)5-7(8)2/h2-8,11-12,22H,9-10,13-14H2,1H3;7-8H,4-6H2,1-3H3. The van der Waals surface area contributed by atoms with Crippen LogP contribution in [0.3, 0.4) is 0 Å². The van der Waals surface area contributed by atoms with Gasteiger partial charge in [-0.05, 0) is 48.7 Å². The van der Waals surface area contributed by atoms with Crippen LogP contribution in [0.15, 0.2) is 54.6 Å². The molecule has 2 saturated heterocycles. The van der Waals surface area contributed by atoms with E-state index in [0.717, 1.165) is 34.1 Å². The molecule has 3 heterocycles. The second-order valence-corrected chi connectivity index (χ2v) is 10.0. The molecular weight excluding hydrogens is 452 g/mol. The smallest absolute Gasteiger partial charge is 0.270 e. The largest absolute Gasteiger partial charge is 0.497 e. The first kappa shape index (κ1) is 25.8. The Kier molecular flexibility index (Phi) is 8.31. The molecule has 36 heavy (non-hydrogen) atoms. The monoisotopic (exact) mass is 490 g/mol. The van der Waals surface area contributed by atoms with Crippen molar-refractivity contribution in [3.63, 3.8) is 0 Å². The number of ether oxygens (including phenoxy) is 1. The predicted molar refractivity (Wildman–Crippen MR) is 143 cm³/mol. The van der Waals surface area contributed by atoms with Gasteiger partial charge in [0.25, 0.3) is 5.91 Å². The number of rotatable bonds is 5. The lowest BCUT2D eigenvalue weighted by molar-refractivity contribution is -0.135. The number of H-pyrrole nitrogens is 1. The maximum absolute atomic E-state index is 12.8. The van der Waals surface area contributed by atoms with Crippen molar-refractivity contribution in [2.24, 2.45) is 11.8 Å². The minimum atomic E-state index is -0.155. The Bertz CT molecular complexity index is 1180. The SMILES string of the molecule is CCC1CN(C)CC1C.COc1ccc2[nH]c(C(=O)N3CCN(Cc4ccccc4)C(=O)C3)cc2c1. The van der Waals surface area contributed by atoms with Gasteiger partial charge < -0.3 is 24.4 Å². The number of carbonyl (C=O) groups excluding carboxylic acids is 2. The molecule has 2 unspecified atom stereocenters. The zero-order valence-corrected chi connectivity index (χ0v) is 21.9. The Balaban J connectivity index is 0.000000286. The number of amides is 2. The summed E-state index contributed by atoms with van der Waals surface area (Å²) in [5, 5.41) is 0.909. The fourth-order valence-electron chi connectivity index (χ4n) is 5.20. The van der Waals surface area contributed by atoms with Gasteiger partial charge in [-0.2, -0.15) is 0 Å². The quantitative estimate of drug-likeness (QED) is 0.580. The van der Waals surface area contributed by atoms with E-state index < -0.39 is 0 Å². The molecule has 0 bridgehead atoms. The number of aromatic amines is 1. The highest BCUT2D eigenvalue weighted by molar-refractivity contribution is 6.00. The van der Waals surface area contributed by atoms with Gasteiger partial charge in [-0.3, -0.25) is 9.59 Å². The summed E-state index contributed by atoms with van der Waals surface area (Å²) in [6.07, 6.45) is 1.35. The van der Waals surface area contributed by atoms with E-state index in [-0.39, 0.29) is 18.4 Å². The molecule has 0 radical (unpaired) electrons. The molecule has 2 fully saturated rings. The Morgan fingerprint density at radius 1 is 1.08 bits per heavy atom. The average molecular weight is 491 g/mol. The molecule has 2 aliphatic heterocycles. The van der Waals surface area contributed by atoms with Crippen molar-refractivity contribution in [3.05, 3.63) is 65.9 Å². The third kappa shape index (κ3) is 6.08. The summed E-state index contributed by atoms with van der Waals surface area (Å²) in [5.41, 5.74) is 2.45. The van der Waals surface area contributed by atoms with Crippen LogP contribution in [0.5, 0.6) is 5.75 Å². The van der Waals surface area contributed by atoms with E-state index in [9.17, 15) is 9.59 Å². The number of likely N-dealkylation sites (tertiary alicyclic amines) is 1. The van der Waals surface area contributed by atoms with Crippen LogP contribution in [-0.4, -0.2) is 78.4 Å². The van der Waals surface area contributed by atoms with E-state index in [1.807, 2.05) is 48.5 Å². The van der Waals surface area contributed by atoms with Gasteiger partial charge >= 0.3 is 0 Å². The maximum Gasteiger partial charge on any atom is 0.270 e. The third-order valence-corrected chi connectivity index (χ3v) is 7.36. The molecule has 192 valence electrons. The highest BCUT2D eigenvalue weighted by Crippen LogP contribution is 2.24. The second kappa shape index (κ2) is 11.6. The first-order valence-corrected chi connectivity index (χ1v) is 12.8. The molecular formula is C29H38N4O3. The summed E-state index contributed by atoms with van der Waals surface area (Å²) in [4.78, 5) is 34.3. The van der Waals surface area contributed by atoms with Gasteiger partial charge in [-0.1, -0.05) is 50.6 Å².